The van der Waals surface area contributed by atoms with E-state index < -0.39 is 6.10 Å². The highest BCUT2D eigenvalue weighted by atomic mass is 16.6. The number of allylic oxidation sites excluding steroid dienone is 1. The molecule has 0 N–H and O–H groups in total. The molecule has 1 aromatic rings. The SMILES string of the molecule is CC/C=C\CCOC(=O)C1OC1c1ccccc1. The second kappa shape index (κ2) is 6.36. The molecule has 2 atom stereocenters. The lowest BCUT2D eigenvalue weighted by Crippen LogP contribution is -2.12. The lowest BCUT2D eigenvalue weighted by Gasteiger charge is -2.00. The molecule has 0 saturated carbocycles. The highest BCUT2D eigenvalue weighted by Gasteiger charge is 2.47. The van der Waals surface area contributed by atoms with Crippen LogP contribution >= 0.6 is 0 Å². The van der Waals surface area contributed by atoms with Gasteiger partial charge in [0.15, 0.2) is 6.10 Å². The monoisotopic (exact) mass is 246 g/mol. The van der Waals surface area contributed by atoms with Crippen LogP contribution < -0.4 is 0 Å². The van der Waals surface area contributed by atoms with Crippen molar-refractivity contribution in [2.24, 2.45) is 0 Å². The van der Waals surface area contributed by atoms with E-state index >= 15 is 0 Å². The van der Waals surface area contributed by atoms with E-state index in [1.165, 1.54) is 0 Å². The van der Waals surface area contributed by atoms with Gasteiger partial charge in [-0.3, -0.25) is 0 Å². The number of carbonyl (C=O) groups excluding carboxylic acids is 1. The number of rotatable bonds is 6. The van der Waals surface area contributed by atoms with Gasteiger partial charge >= 0.3 is 5.97 Å². The maximum Gasteiger partial charge on any atom is 0.338 e. The minimum Gasteiger partial charge on any atom is -0.463 e. The molecule has 3 heteroatoms. The highest BCUT2D eigenvalue weighted by molar-refractivity contribution is 5.78. The van der Waals surface area contributed by atoms with E-state index in [9.17, 15) is 4.79 Å². The lowest BCUT2D eigenvalue weighted by atomic mass is 10.1. The quantitative estimate of drug-likeness (QED) is 0.335. The molecule has 0 aromatic heterocycles. The third-order valence-electron chi connectivity index (χ3n) is 2.78. The van der Waals surface area contributed by atoms with E-state index in [1.807, 2.05) is 36.4 Å². The Morgan fingerprint density at radius 1 is 1.33 bits per heavy atom. The van der Waals surface area contributed by atoms with E-state index in [1.54, 1.807) is 0 Å². The van der Waals surface area contributed by atoms with Gasteiger partial charge in [0.25, 0.3) is 0 Å². The summed E-state index contributed by atoms with van der Waals surface area (Å²) in [5.74, 6) is -0.256. The molecule has 3 nitrogen and oxygen atoms in total. The number of epoxide rings is 1. The van der Waals surface area contributed by atoms with E-state index in [0.717, 1.165) is 18.4 Å². The Labute approximate surface area is 107 Å². The first kappa shape index (κ1) is 12.8. The van der Waals surface area contributed by atoms with Crippen molar-refractivity contribution in [1.29, 1.82) is 0 Å². The van der Waals surface area contributed by atoms with Gasteiger partial charge in [0.1, 0.15) is 6.10 Å². The van der Waals surface area contributed by atoms with Crippen LogP contribution in [0.4, 0.5) is 0 Å². The average Bonchev–Trinajstić information content (AvgIpc) is 3.20. The number of hydrogen-bond acceptors (Lipinski definition) is 3. The van der Waals surface area contributed by atoms with Crippen LogP contribution in [0.5, 0.6) is 0 Å². The summed E-state index contributed by atoms with van der Waals surface area (Å²) >= 11 is 0. The predicted molar refractivity (Wildman–Crippen MR) is 69.1 cm³/mol. The van der Waals surface area contributed by atoms with Crippen molar-refractivity contribution < 1.29 is 14.3 Å². The molecule has 96 valence electrons. The van der Waals surface area contributed by atoms with Crippen LogP contribution in [0.25, 0.3) is 0 Å². The maximum atomic E-state index is 11.7. The molecule has 0 aliphatic carbocycles. The zero-order chi connectivity index (χ0) is 12.8. The summed E-state index contributed by atoms with van der Waals surface area (Å²) in [7, 11) is 0. The fraction of sp³-hybridized carbons (Fsp3) is 0.400. The molecule has 1 aliphatic rings. The van der Waals surface area contributed by atoms with Gasteiger partial charge in [-0.25, -0.2) is 4.79 Å². The number of carbonyl (C=O) groups is 1. The van der Waals surface area contributed by atoms with Crippen molar-refractivity contribution in [2.75, 3.05) is 6.61 Å². The van der Waals surface area contributed by atoms with E-state index in [-0.39, 0.29) is 12.1 Å². The largest absolute Gasteiger partial charge is 0.463 e. The molecule has 1 aromatic carbocycles. The Bertz CT molecular complexity index is 411. The molecule has 2 unspecified atom stereocenters. The third kappa shape index (κ3) is 3.44. The van der Waals surface area contributed by atoms with Gasteiger partial charge in [0, 0.05) is 0 Å². The fourth-order valence-electron chi connectivity index (χ4n) is 1.78. The van der Waals surface area contributed by atoms with Crippen molar-refractivity contribution in [2.45, 2.75) is 32.0 Å². The van der Waals surface area contributed by atoms with Gasteiger partial charge in [0.2, 0.25) is 0 Å². The van der Waals surface area contributed by atoms with E-state index in [4.69, 9.17) is 9.47 Å². The molecule has 0 bridgehead atoms. The van der Waals surface area contributed by atoms with E-state index in [2.05, 4.69) is 13.0 Å². The summed E-state index contributed by atoms with van der Waals surface area (Å²) in [6.07, 6.45) is 5.33. The third-order valence-corrected chi connectivity index (χ3v) is 2.78. The Kier molecular flexibility index (Phi) is 4.53. The number of esters is 1. The molecule has 18 heavy (non-hydrogen) atoms. The van der Waals surface area contributed by atoms with Gasteiger partial charge in [-0.05, 0) is 18.4 Å². The van der Waals surface area contributed by atoms with Crippen molar-refractivity contribution >= 4 is 5.97 Å². The molecule has 1 fully saturated rings. The molecular weight excluding hydrogens is 228 g/mol. The summed E-state index contributed by atoms with van der Waals surface area (Å²) in [4.78, 5) is 11.7. The Balaban J connectivity index is 1.71. The standard InChI is InChI=1S/C15H18O3/c1-2-3-4-8-11-17-15(16)14-13(18-14)12-9-6-5-7-10-12/h3-7,9-10,13-14H,2,8,11H2,1H3/b4-3-. The number of ether oxygens (including phenoxy) is 2. The summed E-state index contributed by atoms with van der Waals surface area (Å²) in [6.45, 7) is 2.50. The van der Waals surface area contributed by atoms with Gasteiger partial charge < -0.3 is 9.47 Å². The van der Waals surface area contributed by atoms with Crippen molar-refractivity contribution in [3.63, 3.8) is 0 Å². The smallest absolute Gasteiger partial charge is 0.338 e. The normalized spacial score (nSPS) is 22.1. The second-order valence-electron chi connectivity index (χ2n) is 4.22. The molecule has 0 radical (unpaired) electrons. The van der Waals surface area contributed by atoms with Crippen LogP contribution in [0.2, 0.25) is 0 Å². The second-order valence-corrected chi connectivity index (χ2v) is 4.22. The topological polar surface area (TPSA) is 38.8 Å². The first-order chi connectivity index (χ1) is 8.83. The Hall–Kier alpha value is -1.61. The van der Waals surface area contributed by atoms with Gasteiger partial charge in [-0.15, -0.1) is 0 Å². The van der Waals surface area contributed by atoms with Gasteiger partial charge in [0.05, 0.1) is 6.61 Å². The minimum atomic E-state index is -0.414. The van der Waals surface area contributed by atoms with Crippen molar-refractivity contribution in [1.82, 2.24) is 0 Å². The van der Waals surface area contributed by atoms with Crippen LogP contribution in [-0.2, 0) is 14.3 Å². The maximum absolute atomic E-state index is 11.7. The predicted octanol–water partition coefficient (Wildman–Crippen LogP) is 3.03. The minimum absolute atomic E-state index is 0.120. The van der Waals surface area contributed by atoms with Crippen molar-refractivity contribution in [3.8, 4) is 0 Å². The molecule has 1 saturated heterocycles. The Morgan fingerprint density at radius 2 is 2.11 bits per heavy atom. The zero-order valence-corrected chi connectivity index (χ0v) is 10.5. The average molecular weight is 246 g/mol. The zero-order valence-electron chi connectivity index (χ0n) is 10.5. The van der Waals surface area contributed by atoms with Gasteiger partial charge in [-0.2, -0.15) is 0 Å². The molecule has 1 aliphatic heterocycles. The van der Waals surface area contributed by atoms with E-state index in [0.29, 0.717) is 6.61 Å². The molecule has 0 amide bonds. The van der Waals surface area contributed by atoms with Gasteiger partial charge in [-0.1, -0.05) is 49.4 Å². The first-order valence-electron chi connectivity index (χ1n) is 6.35. The summed E-state index contributed by atoms with van der Waals surface area (Å²) < 4.78 is 10.5. The van der Waals surface area contributed by atoms with Crippen molar-refractivity contribution in [3.05, 3.63) is 48.0 Å². The van der Waals surface area contributed by atoms with Crippen LogP contribution in [0.3, 0.4) is 0 Å². The lowest BCUT2D eigenvalue weighted by molar-refractivity contribution is -0.144. The number of benzene rings is 1. The summed E-state index contributed by atoms with van der Waals surface area (Å²) in [6, 6.07) is 9.74. The molecular formula is C15H18O3. The van der Waals surface area contributed by atoms with Crippen LogP contribution in [0, 0.1) is 0 Å². The first-order valence-corrected chi connectivity index (χ1v) is 6.35. The summed E-state index contributed by atoms with van der Waals surface area (Å²) in [5, 5.41) is 0. The van der Waals surface area contributed by atoms with Crippen LogP contribution in [0.1, 0.15) is 31.4 Å². The van der Waals surface area contributed by atoms with Crippen LogP contribution in [0.15, 0.2) is 42.5 Å². The fourth-order valence-corrected chi connectivity index (χ4v) is 1.78. The molecule has 2 rings (SSSR count). The summed E-state index contributed by atoms with van der Waals surface area (Å²) in [5.41, 5.74) is 1.03. The Morgan fingerprint density at radius 3 is 2.83 bits per heavy atom. The highest BCUT2D eigenvalue weighted by Crippen LogP contribution is 2.39. The molecule has 1 heterocycles. The van der Waals surface area contributed by atoms with Crippen LogP contribution in [-0.4, -0.2) is 18.7 Å². The molecule has 0 spiro atoms. The number of hydrogen-bond donors (Lipinski definition) is 0.